The molecule has 3 aliphatic rings. The maximum Gasteiger partial charge on any atom is 0.132 e. The fourth-order valence-electron chi connectivity index (χ4n) is 4.90. The van der Waals surface area contributed by atoms with Crippen LogP contribution in [0.15, 0.2) is 12.4 Å². The molecule has 1 aliphatic carbocycles. The summed E-state index contributed by atoms with van der Waals surface area (Å²) in [6, 6.07) is 2.70. The van der Waals surface area contributed by atoms with Crippen molar-refractivity contribution in [2.75, 3.05) is 18.1 Å². The zero-order chi connectivity index (χ0) is 19.8. The molecular formula is C20H32FN5O2. The normalized spacial score (nSPS) is 38.6. The number of hydrogen-bond donors (Lipinski definition) is 2. The fraction of sp³-hybridized carbons (Fsp3) is 0.800. The number of aromatic nitrogens is 2. The van der Waals surface area contributed by atoms with Crippen LogP contribution in [0, 0.1) is 5.92 Å². The lowest BCUT2D eigenvalue weighted by molar-refractivity contribution is -0.0708. The van der Waals surface area contributed by atoms with E-state index in [9.17, 15) is 4.39 Å². The van der Waals surface area contributed by atoms with Gasteiger partial charge in [-0.3, -0.25) is 5.43 Å². The van der Waals surface area contributed by atoms with Crippen molar-refractivity contribution >= 4 is 5.82 Å². The molecule has 1 saturated carbocycles. The second kappa shape index (κ2) is 8.18. The van der Waals surface area contributed by atoms with E-state index in [1.54, 1.807) is 6.33 Å². The number of rotatable bonds is 4. The lowest BCUT2D eigenvalue weighted by atomic mass is 9.78. The molecule has 1 aromatic rings. The summed E-state index contributed by atoms with van der Waals surface area (Å²) in [5.74, 6) is 1.16. The zero-order valence-electron chi connectivity index (χ0n) is 17.1. The molecule has 0 aromatic carbocycles. The highest BCUT2D eigenvalue weighted by molar-refractivity contribution is 5.43. The third kappa shape index (κ3) is 3.87. The van der Waals surface area contributed by atoms with Gasteiger partial charge >= 0.3 is 0 Å². The average Bonchev–Trinajstić information content (AvgIpc) is 3.04. The molecule has 5 unspecified atom stereocenters. The Bertz CT molecular complexity index is 668. The number of morpholine rings is 1. The third-order valence-corrected chi connectivity index (χ3v) is 6.13. The second-order valence-corrected chi connectivity index (χ2v) is 8.69. The van der Waals surface area contributed by atoms with E-state index in [-0.39, 0.29) is 42.3 Å². The van der Waals surface area contributed by atoms with Gasteiger partial charge in [-0.2, -0.15) is 0 Å². The second-order valence-electron chi connectivity index (χ2n) is 8.69. The zero-order valence-corrected chi connectivity index (χ0v) is 17.1. The Morgan fingerprint density at radius 1 is 1.18 bits per heavy atom. The molecule has 2 saturated heterocycles. The van der Waals surface area contributed by atoms with E-state index < -0.39 is 6.17 Å². The summed E-state index contributed by atoms with van der Waals surface area (Å²) < 4.78 is 26.0. The first-order valence-corrected chi connectivity index (χ1v) is 10.4. The van der Waals surface area contributed by atoms with Crippen LogP contribution >= 0.6 is 0 Å². The monoisotopic (exact) mass is 393 g/mol. The minimum absolute atomic E-state index is 0.0177. The third-order valence-electron chi connectivity index (χ3n) is 6.13. The Morgan fingerprint density at radius 3 is 2.64 bits per heavy atom. The minimum atomic E-state index is -0.937. The molecule has 2 aliphatic heterocycles. The van der Waals surface area contributed by atoms with E-state index in [0.29, 0.717) is 26.1 Å². The molecule has 7 atom stereocenters. The van der Waals surface area contributed by atoms with E-state index in [1.165, 1.54) is 0 Å². The molecule has 1 aromatic heterocycles. The summed E-state index contributed by atoms with van der Waals surface area (Å²) >= 11 is 0. The standard InChI is InChI=1S/C20H32FN5O2/c1-11(2)28-18-5-14-16(6-15(18)21)24-25-20(14)17-7-19(23-10-22-17)26-12(3)8-27-9-13(26)4/h7,10-16,18,20,24-25H,5-6,8-9H2,1-4H3/t12-,13+,14?,15?,16?,18?,20?. The van der Waals surface area contributed by atoms with Crippen molar-refractivity contribution < 1.29 is 13.9 Å². The first-order valence-electron chi connectivity index (χ1n) is 10.4. The molecule has 8 heteroatoms. The molecule has 3 fully saturated rings. The van der Waals surface area contributed by atoms with Crippen molar-refractivity contribution in [1.29, 1.82) is 0 Å². The Hall–Kier alpha value is -1.35. The molecule has 0 amide bonds. The van der Waals surface area contributed by atoms with Crippen LogP contribution in [0.1, 0.15) is 52.3 Å². The Labute approximate surface area is 166 Å². The molecule has 0 radical (unpaired) electrons. The number of alkyl halides is 1. The first-order chi connectivity index (χ1) is 13.4. The minimum Gasteiger partial charge on any atom is -0.377 e. The van der Waals surface area contributed by atoms with Crippen LogP contribution in [-0.4, -0.2) is 59.7 Å². The summed E-state index contributed by atoms with van der Waals surface area (Å²) in [6.45, 7) is 9.62. The van der Waals surface area contributed by atoms with Gasteiger partial charge < -0.3 is 14.4 Å². The van der Waals surface area contributed by atoms with Crippen molar-refractivity contribution in [3.05, 3.63) is 18.1 Å². The fourth-order valence-corrected chi connectivity index (χ4v) is 4.90. The summed E-state index contributed by atoms with van der Waals surface area (Å²) in [7, 11) is 0. The molecule has 2 N–H and O–H groups in total. The van der Waals surface area contributed by atoms with Crippen molar-refractivity contribution in [3.63, 3.8) is 0 Å². The number of hydrazine groups is 1. The average molecular weight is 394 g/mol. The van der Waals surface area contributed by atoms with Gasteiger partial charge in [0.15, 0.2) is 0 Å². The van der Waals surface area contributed by atoms with Gasteiger partial charge in [-0.25, -0.2) is 19.8 Å². The van der Waals surface area contributed by atoms with Gasteiger partial charge in [0.1, 0.15) is 18.3 Å². The molecule has 156 valence electrons. The van der Waals surface area contributed by atoms with Gasteiger partial charge in [0.25, 0.3) is 0 Å². The lowest BCUT2D eigenvalue weighted by Gasteiger charge is -2.40. The lowest BCUT2D eigenvalue weighted by Crippen LogP contribution is -2.50. The van der Waals surface area contributed by atoms with E-state index >= 15 is 0 Å². The van der Waals surface area contributed by atoms with E-state index in [2.05, 4.69) is 45.6 Å². The molecule has 3 heterocycles. The number of anilines is 1. The molecular weight excluding hydrogens is 361 g/mol. The van der Waals surface area contributed by atoms with Crippen LogP contribution in [0.3, 0.4) is 0 Å². The molecule has 4 rings (SSSR count). The summed E-state index contributed by atoms with van der Waals surface area (Å²) in [4.78, 5) is 11.4. The topological polar surface area (TPSA) is 71.5 Å². The van der Waals surface area contributed by atoms with Crippen molar-refractivity contribution in [2.45, 2.75) is 83.1 Å². The van der Waals surface area contributed by atoms with Crippen LogP contribution in [0.5, 0.6) is 0 Å². The highest BCUT2D eigenvalue weighted by atomic mass is 19.1. The largest absolute Gasteiger partial charge is 0.377 e. The first kappa shape index (κ1) is 19.9. The smallest absolute Gasteiger partial charge is 0.132 e. The van der Waals surface area contributed by atoms with Gasteiger partial charge in [0.05, 0.1) is 49.2 Å². The van der Waals surface area contributed by atoms with Crippen LogP contribution in [0.2, 0.25) is 0 Å². The van der Waals surface area contributed by atoms with E-state index in [1.807, 2.05) is 13.8 Å². The summed E-state index contributed by atoms with van der Waals surface area (Å²) in [5, 5.41) is 0. The summed E-state index contributed by atoms with van der Waals surface area (Å²) in [6.07, 6.45) is 1.51. The molecule has 28 heavy (non-hydrogen) atoms. The maximum absolute atomic E-state index is 14.5. The maximum atomic E-state index is 14.5. The van der Waals surface area contributed by atoms with Gasteiger partial charge in [-0.05, 0) is 40.5 Å². The molecule has 0 spiro atoms. The van der Waals surface area contributed by atoms with Gasteiger partial charge in [-0.1, -0.05) is 0 Å². The van der Waals surface area contributed by atoms with E-state index in [4.69, 9.17) is 9.47 Å². The molecule has 0 bridgehead atoms. The van der Waals surface area contributed by atoms with Crippen molar-refractivity contribution in [2.24, 2.45) is 5.92 Å². The predicted molar refractivity (Wildman–Crippen MR) is 105 cm³/mol. The number of nitrogens with zero attached hydrogens (tertiary/aromatic N) is 3. The van der Waals surface area contributed by atoms with E-state index in [0.717, 1.165) is 11.5 Å². The Morgan fingerprint density at radius 2 is 1.93 bits per heavy atom. The highest BCUT2D eigenvalue weighted by Gasteiger charge is 2.46. The van der Waals surface area contributed by atoms with Crippen molar-refractivity contribution in [3.8, 4) is 0 Å². The van der Waals surface area contributed by atoms with Crippen LogP contribution in [0.25, 0.3) is 0 Å². The van der Waals surface area contributed by atoms with Crippen molar-refractivity contribution in [1.82, 2.24) is 20.8 Å². The number of fused-ring (bicyclic) bond motifs is 1. The van der Waals surface area contributed by atoms with Gasteiger partial charge in [0, 0.05) is 18.0 Å². The predicted octanol–water partition coefficient (Wildman–Crippen LogP) is 2.15. The SMILES string of the molecule is CC(C)OC1CC2C(CC1F)NNC2c1cc(N2[C@H](C)COC[C@@H]2C)ncn1. The Kier molecular flexibility index (Phi) is 5.83. The quantitative estimate of drug-likeness (QED) is 0.812. The number of ether oxygens (including phenoxy) is 2. The number of hydrogen-bond acceptors (Lipinski definition) is 7. The molecule has 7 nitrogen and oxygen atoms in total. The van der Waals surface area contributed by atoms with Crippen LogP contribution in [-0.2, 0) is 9.47 Å². The number of halogens is 1. The summed E-state index contributed by atoms with van der Waals surface area (Å²) in [5.41, 5.74) is 7.59. The van der Waals surface area contributed by atoms with Gasteiger partial charge in [-0.15, -0.1) is 0 Å². The van der Waals surface area contributed by atoms with Gasteiger partial charge in [0.2, 0.25) is 0 Å². The van der Waals surface area contributed by atoms with Crippen LogP contribution < -0.4 is 15.8 Å². The van der Waals surface area contributed by atoms with Crippen LogP contribution in [0.4, 0.5) is 10.2 Å². The Balaban J connectivity index is 1.54. The number of nitrogens with one attached hydrogen (secondary N) is 2. The highest BCUT2D eigenvalue weighted by Crippen LogP contribution is 2.40.